The maximum absolute atomic E-state index is 12.4. The van der Waals surface area contributed by atoms with Gasteiger partial charge in [0.15, 0.2) is 11.9 Å². The number of nitro groups is 1. The van der Waals surface area contributed by atoms with Crippen LogP contribution in [0, 0.1) is 41.7 Å². The summed E-state index contributed by atoms with van der Waals surface area (Å²) in [5, 5.41) is 11.4. The number of nitrogens with zero attached hydrogens (tertiary/aromatic N) is 2. The zero-order chi connectivity index (χ0) is 21.5. The minimum Gasteiger partial charge on any atom is -0.454 e. The molecule has 0 radical (unpaired) electrons. The lowest BCUT2D eigenvalue weighted by Crippen LogP contribution is -2.28. The average Bonchev–Trinajstić information content (AvgIpc) is 3.04. The van der Waals surface area contributed by atoms with Gasteiger partial charge in [-0.1, -0.05) is 6.92 Å². The molecular formula is C19H23N3O6S. The molecule has 1 saturated carbocycles. The van der Waals surface area contributed by atoms with Gasteiger partial charge < -0.3 is 9.72 Å². The topological polar surface area (TPSA) is 132 Å². The van der Waals surface area contributed by atoms with Crippen molar-refractivity contribution in [2.24, 2.45) is 17.8 Å². The molecule has 4 atom stereocenters. The van der Waals surface area contributed by atoms with Gasteiger partial charge in [0.2, 0.25) is 6.54 Å². The van der Waals surface area contributed by atoms with Crippen LogP contribution in [0.15, 0.2) is 4.79 Å². The number of carbonyl (C=O) groups is 2. The molecule has 0 saturated heterocycles. The molecule has 0 unspecified atom stereocenters. The van der Waals surface area contributed by atoms with E-state index in [4.69, 9.17) is 4.74 Å². The number of hydrogen-bond donors (Lipinski definition) is 1. The SMILES string of the molecule is Cc1sc2nc([C@H](C)OC(=O)C[C@@H]3C(=O)C[C@@H](C)[C@H]3C[N+](=O)[O-])[nH]c(=O)c2c1C. The Bertz CT molecular complexity index is 1040. The number of esters is 1. The fourth-order valence-electron chi connectivity index (χ4n) is 3.94. The highest BCUT2D eigenvalue weighted by Crippen LogP contribution is 2.37. The maximum Gasteiger partial charge on any atom is 0.307 e. The lowest BCUT2D eigenvalue weighted by molar-refractivity contribution is -0.490. The number of Topliss-reactive ketones (excluding diaryl/α,β-unsaturated/α-hetero) is 1. The van der Waals surface area contributed by atoms with Crippen molar-refractivity contribution in [3.8, 4) is 0 Å². The molecule has 3 rings (SSSR count). The van der Waals surface area contributed by atoms with Crippen LogP contribution in [0.4, 0.5) is 0 Å². The molecule has 10 heteroatoms. The first-order valence-electron chi connectivity index (χ1n) is 9.42. The monoisotopic (exact) mass is 421 g/mol. The lowest BCUT2D eigenvalue weighted by Gasteiger charge is -2.18. The summed E-state index contributed by atoms with van der Waals surface area (Å²) >= 11 is 1.40. The van der Waals surface area contributed by atoms with Crippen molar-refractivity contribution in [2.45, 2.75) is 46.6 Å². The van der Waals surface area contributed by atoms with E-state index in [0.29, 0.717) is 10.2 Å². The number of carbonyl (C=O) groups excluding carboxylic acids is 2. The molecule has 0 bridgehead atoms. The summed E-state index contributed by atoms with van der Waals surface area (Å²) in [6.45, 7) is 6.79. The normalized spacial score (nSPS) is 22.8. The largest absolute Gasteiger partial charge is 0.454 e. The molecular weight excluding hydrogens is 398 g/mol. The lowest BCUT2D eigenvalue weighted by atomic mass is 9.88. The second-order valence-corrected chi connectivity index (χ2v) is 8.89. The molecule has 0 spiro atoms. The van der Waals surface area contributed by atoms with Crippen LogP contribution in [0.25, 0.3) is 10.2 Å². The highest BCUT2D eigenvalue weighted by Gasteiger charge is 2.44. The van der Waals surface area contributed by atoms with E-state index in [2.05, 4.69) is 9.97 Å². The zero-order valence-corrected chi connectivity index (χ0v) is 17.5. The Morgan fingerprint density at radius 3 is 2.76 bits per heavy atom. The number of aromatic nitrogens is 2. The number of aromatic amines is 1. The first kappa shape index (κ1) is 21.1. The summed E-state index contributed by atoms with van der Waals surface area (Å²) in [6.07, 6.45) is -0.796. The van der Waals surface area contributed by atoms with Crippen LogP contribution in [0.2, 0.25) is 0 Å². The summed E-state index contributed by atoms with van der Waals surface area (Å²) in [5.74, 6) is -1.90. The van der Waals surface area contributed by atoms with Crippen molar-refractivity contribution in [3.63, 3.8) is 0 Å². The quantitative estimate of drug-likeness (QED) is 0.431. The number of nitrogens with one attached hydrogen (secondary N) is 1. The Balaban J connectivity index is 1.73. The van der Waals surface area contributed by atoms with Gasteiger partial charge in [0.05, 0.1) is 11.8 Å². The highest BCUT2D eigenvalue weighted by atomic mass is 32.1. The van der Waals surface area contributed by atoms with E-state index >= 15 is 0 Å². The minimum atomic E-state index is -0.815. The molecule has 0 amide bonds. The van der Waals surface area contributed by atoms with Crippen LogP contribution in [0.1, 0.15) is 49.1 Å². The van der Waals surface area contributed by atoms with E-state index < -0.39 is 28.8 Å². The molecule has 2 aromatic rings. The highest BCUT2D eigenvalue weighted by molar-refractivity contribution is 7.18. The fraction of sp³-hybridized carbons (Fsp3) is 0.579. The number of ether oxygens (including phenoxy) is 1. The van der Waals surface area contributed by atoms with Crippen LogP contribution in [-0.4, -0.2) is 33.2 Å². The van der Waals surface area contributed by atoms with E-state index in [-0.39, 0.29) is 42.5 Å². The molecule has 1 N–H and O–H groups in total. The standard InChI is InChI=1S/C19H23N3O6S/c1-8-5-14(23)12(13(8)7-22(26)27)6-15(24)28-10(3)17-20-18(25)16-9(2)11(4)29-19(16)21-17/h8,10,12-13H,5-7H2,1-4H3,(H,20,21,25)/t8-,10+,12+,13-/m1/s1. The predicted molar refractivity (Wildman–Crippen MR) is 106 cm³/mol. The smallest absolute Gasteiger partial charge is 0.307 e. The van der Waals surface area contributed by atoms with Crippen molar-refractivity contribution >= 4 is 33.3 Å². The van der Waals surface area contributed by atoms with Gasteiger partial charge in [-0.05, 0) is 32.3 Å². The van der Waals surface area contributed by atoms with E-state index in [0.717, 1.165) is 10.4 Å². The predicted octanol–water partition coefficient (Wildman–Crippen LogP) is 2.71. The Labute approximate surface area is 170 Å². The number of fused-ring (bicyclic) bond motifs is 1. The third-order valence-electron chi connectivity index (χ3n) is 5.68. The van der Waals surface area contributed by atoms with Crippen molar-refractivity contribution in [2.75, 3.05) is 6.54 Å². The fourth-order valence-corrected chi connectivity index (χ4v) is 4.98. The van der Waals surface area contributed by atoms with Gasteiger partial charge in [0.25, 0.3) is 5.56 Å². The summed E-state index contributed by atoms with van der Waals surface area (Å²) in [5.41, 5.74) is 0.584. The Morgan fingerprint density at radius 1 is 1.41 bits per heavy atom. The number of thiophene rings is 1. The van der Waals surface area contributed by atoms with Crippen LogP contribution < -0.4 is 5.56 Å². The second kappa shape index (κ2) is 8.02. The maximum atomic E-state index is 12.4. The van der Waals surface area contributed by atoms with E-state index in [1.54, 1.807) is 13.8 Å². The van der Waals surface area contributed by atoms with Crippen molar-refractivity contribution in [3.05, 3.63) is 36.7 Å². The first-order valence-corrected chi connectivity index (χ1v) is 10.2. The molecule has 1 fully saturated rings. The molecule has 0 aliphatic heterocycles. The van der Waals surface area contributed by atoms with Crippen LogP contribution >= 0.6 is 11.3 Å². The number of H-pyrrole nitrogens is 1. The molecule has 2 heterocycles. The third-order valence-corrected chi connectivity index (χ3v) is 6.78. The molecule has 0 aromatic carbocycles. The van der Waals surface area contributed by atoms with Gasteiger partial charge in [-0.25, -0.2) is 4.98 Å². The zero-order valence-electron chi connectivity index (χ0n) is 16.7. The van der Waals surface area contributed by atoms with Crippen LogP contribution in [0.5, 0.6) is 0 Å². The number of hydrogen-bond acceptors (Lipinski definition) is 8. The van der Waals surface area contributed by atoms with Gasteiger partial charge in [-0.15, -0.1) is 11.3 Å². The summed E-state index contributed by atoms with van der Waals surface area (Å²) in [7, 11) is 0. The van der Waals surface area contributed by atoms with Gasteiger partial charge in [0, 0.05) is 28.1 Å². The molecule has 2 aromatic heterocycles. The summed E-state index contributed by atoms with van der Waals surface area (Å²) in [4.78, 5) is 56.1. The van der Waals surface area contributed by atoms with Crippen molar-refractivity contribution in [1.82, 2.24) is 9.97 Å². The Hall–Kier alpha value is -2.62. The number of rotatable bonds is 6. The van der Waals surface area contributed by atoms with Crippen LogP contribution in [-0.2, 0) is 14.3 Å². The second-order valence-electron chi connectivity index (χ2n) is 7.68. The first-order chi connectivity index (χ1) is 13.6. The van der Waals surface area contributed by atoms with E-state index in [1.165, 1.54) is 11.3 Å². The van der Waals surface area contributed by atoms with Gasteiger partial charge in [-0.2, -0.15) is 0 Å². The summed E-state index contributed by atoms with van der Waals surface area (Å²) in [6, 6.07) is 0. The van der Waals surface area contributed by atoms with Gasteiger partial charge in [0.1, 0.15) is 10.6 Å². The molecule has 29 heavy (non-hydrogen) atoms. The van der Waals surface area contributed by atoms with Gasteiger partial charge >= 0.3 is 5.97 Å². The van der Waals surface area contributed by atoms with E-state index in [1.807, 2.05) is 13.8 Å². The minimum absolute atomic E-state index is 0.145. The Kier molecular flexibility index (Phi) is 5.83. The van der Waals surface area contributed by atoms with Gasteiger partial charge in [-0.3, -0.25) is 24.5 Å². The van der Waals surface area contributed by atoms with Crippen LogP contribution in [0.3, 0.4) is 0 Å². The molecule has 1 aliphatic carbocycles. The molecule has 9 nitrogen and oxygen atoms in total. The Morgan fingerprint density at radius 2 is 2.10 bits per heavy atom. The number of aryl methyl sites for hydroxylation is 2. The summed E-state index contributed by atoms with van der Waals surface area (Å²) < 4.78 is 5.39. The molecule has 156 valence electrons. The third kappa shape index (κ3) is 4.21. The average molecular weight is 421 g/mol. The molecule has 1 aliphatic rings. The van der Waals surface area contributed by atoms with E-state index in [9.17, 15) is 24.5 Å². The van der Waals surface area contributed by atoms with Crippen molar-refractivity contribution in [1.29, 1.82) is 0 Å². The van der Waals surface area contributed by atoms with Crippen molar-refractivity contribution < 1.29 is 19.2 Å². The number of ketones is 1.